The lowest BCUT2D eigenvalue weighted by molar-refractivity contribution is -0.115. The molecular formula is C29H48O2. The van der Waals surface area contributed by atoms with Crippen LogP contribution in [-0.4, -0.2) is 22.9 Å². The first-order valence-electron chi connectivity index (χ1n) is 13.7. The SMILES string of the molecule is CC[C@H](/C=C/[C@@H](C)[C@H]1CC[C@H]2[C@@H]3C[C@@H]4O[C@@]45C[C@@H](O)CC[C@]5(C)[C@H]3CC[C@]12C)C(C)C. The number of fused-ring (bicyclic) bond motifs is 4. The quantitative estimate of drug-likeness (QED) is 0.377. The maximum Gasteiger partial charge on any atom is 0.103 e. The Morgan fingerprint density at radius 1 is 1.00 bits per heavy atom. The summed E-state index contributed by atoms with van der Waals surface area (Å²) in [5.74, 6) is 5.54. The van der Waals surface area contributed by atoms with Crippen LogP contribution in [-0.2, 0) is 4.74 Å². The number of ether oxygens (including phenoxy) is 1. The van der Waals surface area contributed by atoms with Crippen molar-refractivity contribution in [2.45, 2.75) is 117 Å². The summed E-state index contributed by atoms with van der Waals surface area (Å²) in [5, 5.41) is 10.4. The highest BCUT2D eigenvalue weighted by molar-refractivity contribution is 5.24. The van der Waals surface area contributed by atoms with E-state index in [0.29, 0.717) is 22.9 Å². The third-order valence-corrected chi connectivity index (χ3v) is 11.8. The van der Waals surface area contributed by atoms with E-state index in [1.54, 1.807) is 0 Å². The first kappa shape index (κ1) is 22.5. The second-order valence-corrected chi connectivity index (χ2v) is 13.2. The predicted molar refractivity (Wildman–Crippen MR) is 128 cm³/mol. The van der Waals surface area contributed by atoms with Gasteiger partial charge in [-0.05, 0) is 98.2 Å². The van der Waals surface area contributed by atoms with Crippen molar-refractivity contribution in [3.8, 4) is 0 Å². The summed E-state index contributed by atoms with van der Waals surface area (Å²) in [6, 6.07) is 0. The van der Waals surface area contributed by atoms with E-state index < -0.39 is 0 Å². The minimum Gasteiger partial charge on any atom is -0.393 e. The summed E-state index contributed by atoms with van der Waals surface area (Å²) in [6.45, 7) is 14.8. The van der Waals surface area contributed by atoms with Gasteiger partial charge in [-0.1, -0.05) is 53.7 Å². The van der Waals surface area contributed by atoms with Crippen LogP contribution in [0.5, 0.6) is 0 Å². The van der Waals surface area contributed by atoms with Crippen LogP contribution in [0.2, 0.25) is 0 Å². The molecule has 4 aliphatic carbocycles. The highest BCUT2D eigenvalue weighted by Gasteiger charge is 2.76. The Labute approximate surface area is 191 Å². The highest BCUT2D eigenvalue weighted by atomic mass is 16.6. The normalized spacial score (nSPS) is 52.9. The Morgan fingerprint density at radius 3 is 2.48 bits per heavy atom. The van der Waals surface area contributed by atoms with Crippen molar-refractivity contribution in [2.24, 2.45) is 52.3 Å². The van der Waals surface area contributed by atoms with Gasteiger partial charge in [-0.15, -0.1) is 0 Å². The molecule has 4 saturated carbocycles. The van der Waals surface area contributed by atoms with Gasteiger partial charge in [-0.25, -0.2) is 0 Å². The molecule has 0 aromatic rings. The zero-order chi connectivity index (χ0) is 22.2. The van der Waals surface area contributed by atoms with Gasteiger partial charge >= 0.3 is 0 Å². The Hall–Kier alpha value is -0.340. The molecular weight excluding hydrogens is 380 g/mol. The van der Waals surface area contributed by atoms with E-state index >= 15 is 0 Å². The molecule has 0 radical (unpaired) electrons. The summed E-state index contributed by atoms with van der Waals surface area (Å²) >= 11 is 0. The van der Waals surface area contributed by atoms with Crippen molar-refractivity contribution >= 4 is 0 Å². The van der Waals surface area contributed by atoms with Crippen LogP contribution in [0.3, 0.4) is 0 Å². The van der Waals surface area contributed by atoms with Crippen LogP contribution >= 0.6 is 0 Å². The van der Waals surface area contributed by atoms with Crippen molar-refractivity contribution in [2.75, 3.05) is 0 Å². The summed E-state index contributed by atoms with van der Waals surface area (Å²) in [6.07, 6.45) is 16.7. The van der Waals surface area contributed by atoms with Gasteiger partial charge in [0.2, 0.25) is 0 Å². The molecule has 1 heterocycles. The average Bonchev–Trinajstić information content (AvgIpc) is 3.29. The van der Waals surface area contributed by atoms with E-state index in [1.807, 2.05) is 0 Å². The van der Waals surface area contributed by atoms with Gasteiger partial charge in [-0.2, -0.15) is 0 Å². The molecule has 5 fully saturated rings. The molecule has 5 aliphatic rings. The molecule has 0 aromatic carbocycles. The lowest BCUT2D eigenvalue weighted by atomic mass is 9.44. The van der Waals surface area contributed by atoms with Crippen LogP contribution in [0.4, 0.5) is 0 Å². The molecule has 0 amide bonds. The van der Waals surface area contributed by atoms with Gasteiger partial charge in [0, 0.05) is 11.8 Å². The van der Waals surface area contributed by atoms with Crippen molar-refractivity contribution in [3.05, 3.63) is 12.2 Å². The van der Waals surface area contributed by atoms with Crippen molar-refractivity contribution in [1.29, 1.82) is 0 Å². The fourth-order valence-electron chi connectivity index (χ4n) is 9.84. The summed E-state index contributed by atoms with van der Waals surface area (Å²) in [4.78, 5) is 0. The van der Waals surface area contributed by atoms with Gasteiger partial charge in [0.05, 0.1) is 12.2 Å². The van der Waals surface area contributed by atoms with E-state index in [0.717, 1.165) is 48.3 Å². The Kier molecular flexibility index (Phi) is 5.50. The lowest BCUT2D eigenvalue weighted by Crippen LogP contribution is -2.58. The monoisotopic (exact) mass is 428 g/mol. The van der Waals surface area contributed by atoms with Gasteiger partial charge in [-0.3, -0.25) is 0 Å². The van der Waals surface area contributed by atoms with Crippen LogP contribution in [0, 0.1) is 52.3 Å². The number of hydrogen-bond donors (Lipinski definition) is 1. The maximum absolute atomic E-state index is 10.4. The molecule has 1 N–H and O–H groups in total. The minimum atomic E-state index is -0.134. The molecule has 31 heavy (non-hydrogen) atoms. The zero-order valence-corrected chi connectivity index (χ0v) is 21.1. The standard InChI is InChI=1S/C29H48O2/c1-7-20(18(2)3)9-8-19(4)23-10-11-24-22-16-26-29(31-26)17-21(30)12-15-28(29,6)25(22)13-14-27(23,24)5/h8-9,18-26,30H,7,10-17H2,1-6H3/b9-8+/t19-,20-,21+,22+,23-,24+,25+,26+,27-,28-,29+/m1/s1. The first-order valence-corrected chi connectivity index (χ1v) is 13.7. The van der Waals surface area contributed by atoms with Crippen LogP contribution < -0.4 is 0 Å². The third-order valence-electron chi connectivity index (χ3n) is 11.8. The lowest BCUT2D eigenvalue weighted by Gasteiger charge is -2.59. The smallest absolute Gasteiger partial charge is 0.103 e. The van der Waals surface area contributed by atoms with Crippen molar-refractivity contribution in [1.82, 2.24) is 0 Å². The topological polar surface area (TPSA) is 32.8 Å². The fourth-order valence-corrected chi connectivity index (χ4v) is 9.84. The summed E-state index contributed by atoms with van der Waals surface area (Å²) in [7, 11) is 0. The van der Waals surface area contributed by atoms with Crippen molar-refractivity contribution in [3.63, 3.8) is 0 Å². The number of hydrogen-bond acceptors (Lipinski definition) is 2. The molecule has 1 aliphatic heterocycles. The highest BCUT2D eigenvalue weighted by Crippen LogP contribution is 2.74. The number of aliphatic hydroxyl groups excluding tert-OH is 1. The van der Waals surface area contributed by atoms with Gasteiger partial charge in [0.25, 0.3) is 0 Å². The maximum atomic E-state index is 10.4. The number of epoxide rings is 1. The van der Waals surface area contributed by atoms with Crippen LogP contribution in [0.1, 0.15) is 99.3 Å². The van der Waals surface area contributed by atoms with Crippen LogP contribution in [0.15, 0.2) is 12.2 Å². The summed E-state index contributed by atoms with van der Waals surface area (Å²) < 4.78 is 6.52. The number of aliphatic hydroxyl groups is 1. The Bertz CT molecular complexity index is 714. The molecule has 5 rings (SSSR count). The molecule has 2 nitrogen and oxygen atoms in total. The Balaban J connectivity index is 1.35. The van der Waals surface area contributed by atoms with E-state index in [2.05, 4.69) is 53.7 Å². The third kappa shape index (κ3) is 3.17. The molecule has 176 valence electrons. The van der Waals surface area contributed by atoms with Gasteiger partial charge in [0.15, 0.2) is 0 Å². The van der Waals surface area contributed by atoms with E-state index in [1.165, 1.54) is 44.9 Å². The summed E-state index contributed by atoms with van der Waals surface area (Å²) in [5.41, 5.74) is 0.833. The molecule has 1 spiro atoms. The number of allylic oxidation sites excluding steroid dienone is 2. The van der Waals surface area contributed by atoms with Gasteiger partial charge in [0.1, 0.15) is 5.60 Å². The molecule has 1 saturated heterocycles. The van der Waals surface area contributed by atoms with E-state index in [9.17, 15) is 5.11 Å². The fraction of sp³-hybridized carbons (Fsp3) is 0.931. The average molecular weight is 429 g/mol. The van der Waals surface area contributed by atoms with Gasteiger partial charge < -0.3 is 9.84 Å². The molecule has 2 heteroatoms. The second-order valence-electron chi connectivity index (χ2n) is 13.2. The molecule has 0 bridgehead atoms. The zero-order valence-electron chi connectivity index (χ0n) is 21.1. The van der Waals surface area contributed by atoms with Crippen molar-refractivity contribution < 1.29 is 9.84 Å². The predicted octanol–water partition coefficient (Wildman–Crippen LogP) is 7.01. The largest absolute Gasteiger partial charge is 0.393 e. The van der Waals surface area contributed by atoms with Crippen LogP contribution in [0.25, 0.3) is 0 Å². The van der Waals surface area contributed by atoms with E-state index in [4.69, 9.17) is 4.74 Å². The number of rotatable bonds is 5. The first-order chi connectivity index (χ1) is 14.7. The minimum absolute atomic E-state index is 0.0274. The molecule has 11 atom stereocenters. The second kappa shape index (κ2) is 7.59. The molecule has 0 unspecified atom stereocenters. The van der Waals surface area contributed by atoms with E-state index in [-0.39, 0.29) is 11.7 Å². The Morgan fingerprint density at radius 2 is 1.77 bits per heavy atom. The molecule has 0 aromatic heterocycles.